The van der Waals surface area contributed by atoms with Crippen molar-refractivity contribution in [3.05, 3.63) is 47.2 Å². The Labute approximate surface area is 114 Å². The summed E-state index contributed by atoms with van der Waals surface area (Å²) in [4.78, 5) is 0. The largest absolute Gasteiger partial charge is 0.461 e. The maximum absolute atomic E-state index is 5.89. The van der Waals surface area contributed by atoms with Gasteiger partial charge >= 0.3 is 0 Å². The van der Waals surface area contributed by atoms with Gasteiger partial charge in [0.1, 0.15) is 0 Å². The fourth-order valence-corrected chi connectivity index (χ4v) is 2.08. The maximum Gasteiger partial charge on any atom is 0.212 e. The van der Waals surface area contributed by atoms with Crippen LogP contribution in [0.4, 0.5) is 5.82 Å². The monoisotopic (exact) mass is 274 g/mol. The number of nitrogens with two attached hydrogens (primary N) is 1. The molecule has 0 aliphatic heterocycles. The second kappa shape index (κ2) is 4.48. The summed E-state index contributed by atoms with van der Waals surface area (Å²) in [6.07, 6.45) is 1.61. The van der Waals surface area contributed by atoms with Crippen LogP contribution in [-0.4, -0.2) is 5.16 Å². The van der Waals surface area contributed by atoms with Crippen LogP contribution in [0.25, 0.3) is 22.6 Å². The van der Waals surface area contributed by atoms with E-state index in [4.69, 9.17) is 26.3 Å². The molecular formula is C14H11ClN2O2. The van der Waals surface area contributed by atoms with Gasteiger partial charge in [-0.2, -0.15) is 0 Å². The molecule has 2 heterocycles. The molecule has 3 aromatic rings. The first-order valence-electron chi connectivity index (χ1n) is 5.72. The van der Waals surface area contributed by atoms with Crippen LogP contribution < -0.4 is 5.73 Å². The van der Waals surface area contributed by atoms with Crippen molar-refractivity contribution >= 4 is 17.4 Å². The third-order valence-corrected chi connectivity index (χ3v) is 3.17. The highest BCUT2D eigenvalue weighted by molar-refractivity contribution is 6.30. The highest BCUT2D eigenvalue weighted by Gasteiger charge is 2.21. The second-order valence-electron chi connectivity index (χ2n) is 4.21. The van der Waals surface area contributed by atoms with Crippen molar-refractivity contribution in [2.75, 3.05) is 5.73 Å². The van der Waals surface area contributed by atoms with Gasteiger partial charge in [0.2, 0.25) is 5.76 Å². The summed E-state index contributed by atoms with van der Waals surface area (Å²) in [5.41, 5.74) is 8.45. The van der Waals surface area contributed by atoms with E-state index < -0.39 is 0 Å². The standard InChI is InChI=1S/C14H11ClN2O2/c1-8-6-7-18-12(8)13-11(14(16)17-19-13)9-2-4-10(15)5-3-9/h2-7H,1H3,(H2,16,17). The van der Waals surface area contributed by atoms with Crippen LogP contribution in [0.1, 0.15) is 5.56 Å². The SMILES string of the molecule is Cc1ccoc1-c1onc(N)c1-c1ccc(Cl)cc1. The molecule has 0 spiro atoms. The van der Waals surface area contributed by atoms with Gasteiger partial charge in [0.25, 0.3) is 0 Å². The number of nitrogens with zero attached hydrogens (tertiary/aromatic N) is 1. The van der Waals surface area contributed by atoms with Crippen molar-refractivity contribution in [1.29, 1.82) is 0 Å². The molecule has 3 rings (SSSR count). The van der Waals surface area contributed by atoms with E-state index in [2.05, 4.69) is 5.16 Å². The molecule has 0 aliphatic carbocycles. The lowest BCUT2D eigenvalue weighted by Crippen LogP contribution is -1.88. The summed E-state index contributed by atoms with van der Waals surface area (Å²) in [6, 6.07) is 9.18. The first kappa shape index (κ1) is 11.9. The van der Waals surface area contributed by atoms with E-state index in [1.165, 1.54) is 0 Å². The van der Waals surface area contributed by atoms with Gasteiger partial charge in [-0.05, 0) is 36.2 Å². The van der Waals surface area contributed by atoms with Crippen LogP contribution in [0.5, 0.6) is 0 Å². The zero-order chi connectivity index (χ0) is 13.4. The van der Waals surface area contributed by atoms with E-state index in [0.717, 1.165) is 16.7 Å². The number of benzene rings is 1. The Morgan fingerprint density at radius 1 is 1.11 bits per heavy atom. The molecule has 0 amide bonds. The van der Waals surface area contributed by atoms with Gasteiger partial charge in [0.05, 0.1) is 11.8 Å². The van der Waals surface area contributed by atoms with Crippen molar-refractivity contribution < 1.29 is 8.94 Å². The number of hydrogen-bond donors (Lipinski definition) is 1. The molecule has 4 nitrogen and oxygen atoms in total. The van der Waals surface area contributed by atoms with Gasteiger partial charge in [-0.15, -0.1) is 0 Å². The van der Waals surface area contributed by atoms with Crippen LogP contribution in [0.15, 0.2) is 45.5 Å². The van der Waals surface area contributed by atoms with E-state index in [1.807, 2.05) is 25.1 Å². The molecule has 5 heteroatoms. The summed E-state index contributed by atoms with van der Waals surface area (Å²) in [6.45, 7) is 1.93. The molecule has 0 atom stereocenters. The topological polar surface area (TPSA) is 65.2 Å². The average molecular weight is 275 g/mol. The molecule has 96 valence electrons. The van der Waals surface area contributed by atoms with E-state index in [-0.39, 0.29) is 0 Å². The minimum Gasteiger partial charge on any atom is -0.461 e. The Bertz CT molecular complexity index is 713. The molecule has 1 aromatic carbocycles. The lowest BCUT2D eigenvalue weighted by atomic mass is 10.0. The van der Waals surface area contributed by atoms with Crippen molar-refractivity contribution in [3.63, 3.8) is 0 Å². The summed E-state index contributed by atoms with van der Waals surface area (Å²) in [7, 11) is 0. The Morgan fingerprint density at radius 3 is 2.47 bits per heavy atom. The summed E-state index contributed by atoms with van der Waals surface area (Å²) >= 11 is 5.89. The number of rotatable bonds is 2. The Balaban J connectivity index is 2.19. The predicted octanol–water partition coefficient (Wildman–Crippen LogP) is 4.15. The molecule has 0 fully saturated rings. The van der Waals surface area contributed by atoms with Gasteiger partial charge in [0.15, 0.2) is 11.6 Å². The molecule has 19 heavy (non-hydrogen) atoms. The Kier molecular flexibility index (Phi) is 2.80. The van der Waals surface area contributed by atoms with Gasteiger partial charge in [-0.1, -0.05) is 28.9 Å². The summed E-state index contributed by atoms with van der Waals surface area (Å²) in [5.74, 6) is 1.49. The number of aryl methyl sites for hydroxylation is 1. The zero-order valence-corrected chi connectivity index (χ0v) is 10.9. The van der Waals surface area contributed by atoms with Crippen LogP contribution in [-0.2, 0) is 0 Å². The third-order valence-electron chi connectivity index (χ3n) is 2.92. The van der Waals surface area contributed by atoms with Crippen LogP contribution in [0.2, 0.25) is 5.02 Å². The van der Waals surface area contributed by atoms with Crippen LogP contribution in [0.3, 0.4) is 0 Å². The van der Waals surface area contributed by atoms with Crippen molar-refractivity contribution in [1.82, 2.24) is 5.16 Å². The smallest absolute Gasteiger partial charge is 0.212 e. The molecule has 0 saturated heterocycles. The molecule has 0 saturated carbocycles. The molecule has 0 unspecified atom stereocenters. The highest BCUT2D eigenvalue weighted by Crippen LogP contribution is 2.38. The fraction of sp³-hybridized carbons (Fsp3) is 0.0714. The van der Waals surface area contributed by atoms with Gasteiger partial charge in [-0.3, -0.25) is 0 Å². The summed E-state index contributed by atoms with van der Waals surface area (Å²) in [5, 5.41) is 4.48. The number of furan rings is 1. The number of nitrogen functional groups attached to an aromatic ring is 1. The first-order chi connectivity index (χ1) is 9.16. The van der Waals surface area contributed by atoms with E-state index in [9.17, 15) is 0 Å². The zero-order valence-electron chi connectivity index (χ0n) is 10.2. The normalized spacial score (nSPS) is 10.8. The number of anilines is 1. The molecule has 0 radical (unpaired) electrons. The first-order valence-corrected chi connectivity index (χ1v) is 6.10. The van der Waals surface area contributed by atoms with E-state index >= 15 is 0 Å². The van der Waals surface area contributed by atoms with Gasteiger partial charge in [-0.25, -0.2) is 0 Å². The lowest BCUT2D eigenvalue weighted by Gasteiger charge is -2.01. The molecular weight excluding hydrogens is 264 g/mol. The van der Waals surface area contributed by atoms with E-state index in [0.29, 0.717) is 22.4 Å². The van der Waals surface area contributed by atoms with Crippen molar-refractivity contribution in [2.24, 2.45) is 0 Å². The minimum absolute atomic E-state index is 0.327. The van der Waals surface area contributed by atoms with Crippen molar-refractivity contribution in [2.45, 2.75) is 6.92 Å². The maximum atomic E-state index is 5.89. The Morgan fingerprint density at radius 2 is 1.84 bits per heavy atom. The predicted molar refractivity (Wildman–Crippen MR) is 73.8 cm³/mol. The Hall–Kier alpha value is -2.20. The summed E-state index contributed by atoms with van der Waals surface area (Å²) < 4.78 is 10.7. The minimum atomic E-state index is 0.327. The second-order valence-corrected chi connectivity index (χ2v) is 4.65. The van der Waals surface area contributed by atoms with Crippen LogP contribution >= 0.6 is 11.6 Å². The van der Waals surface area contributed by atoms with Crippen LogP contribution in [0, 0.1) is 6.92 Å². The molecule has 2 aromatic heterocycles. The lowest BCUT2D eigenvalue weighted by molar-refractivity contribution is 0.421. The van der Waals surface area contributed by atoms with Gasteiger partial charge < -0.3 is 14.7 Å². The average Bonchev–Trinajstić information content (AvgIpc) is 2.97. The quantitative estimate of drug-likeness (QED) is 0.762. The number of aromatic nitrogens is 1. The third kappa shape index (κ3) is 2.00. The molecule has 0 bridgehead atoms. The fourth-order valence-electron chi connectivity index (χ4n) is 1.96. The molecule has 2 N–H and O–H groups in total. The molecule has 0 aliphatic rings. The number of hydrogen-bond acceptors (Lipinski definition) is 4. The highest BCUT2D eigenvalue weighted by atomic mass is 35.5. The van der Waals surface area contributed by atoms with E-state index in [1.54, 1.807) is 18.4 Å². The number of halogens is 1. The van der Waals surface area contributed by atoms with Gasteiger partial charge in [0, 0.05) is 5.02 Å². The van der Waals surface area contributed by atoms with Crippen molar-refractivity contribution in [3.8, 4) is 22.6 Å².